The van der Waals surface area contributed by atoms with E-state index >= 15 is 0 Å². The van der Waals surface area contributed by atoms with Crippen molar-refractivity contribution in [2.75, 3.05) is 26.4 Å². The third-order valence-electron chi connectivity index (χ3n) is 9.36. The van der Waals surface area contributed by atoms with E-state index in [9.17, 15) is 24.2 Å². The number of phosphoric acid groups is 1. The van der Waals surface area contributed by atoms with E-state index in [0.29, 0.717) is 19.3 Å². The lowest BCUT2D eigenvalue weighted by molar-refractivity contribution is -0.161. The minimum absolute atomic E-state index is 0.123. The molecule has 0 aliphatic carbocycles. The average Bonchev–Trinajstić information content (AvgIpc) is 3.16. The number of rotatable bonds is 41. The van der Waals surface area contributed by atoms with Crippen LogP contribution >= 0.6 is 7.82 Å². The maximum Gasteiger partial charge on any atom is 0.472 e. The second kappa shape index (κ2) is 39.7. The number of carbonyl (C=O) groups is 2. The van der Waals surface area contributed by atoms with Gasteiger partial charge in [-0.3, -0.25) is 18.6 Å². The number of esters is 2. The van der Waals surface area contributed by atoms with E-state index in [0.717, 1.165) is 32.1 Å². The summed E-state index contributed by atoms with van der Waals surface area (Å²) in [5.74, 6) is -0.970. The Hall–Kier alpha value is -1.55. The molecule has 318 valence electrons. The third-order valence-corrected chi connectivity index (χ3v) is 10.3. The molecule has 0 aliphatic heterocycles. The van der Waals surface area contributed by atoms with Gasteiger partial charge in [-0.15, -0.1) is 0 Å². The highest BCUT2D eigenvalue weighted by atomic mass is 31.2. The molecule has 0 radical (unpaired) electrons. The van der Waals surface area contributed by atoms with Gasteiger partial charge in [0, 0.05) is 12.8 Å². The second-order valence-corrected chi connectivity index (χ2v) is 16.2. The first-order valence-corrected chi connectivity index (χ1v) is 23.3. The molecule has 0 spiro atoms. The number of unbranched alkanes of at least 4 members (excludes halogenated alkanes) is 23. The van der Waals surface area contributed by atoms with Gasteiger partial charge in [-0.05, 0) is 38.5 Å². The summed E-state index contributed by atoms with van der Waals surface area (Å²) >= 11 is 0. The van der Waals surface area contributed by atoms with Crippen LogP contribution < -0.4 is 0 Å². The Kier molecular flexibility index (Phi) is 38.5. The van der Waals surface area contributed by atoms with E-state index < -0.39 is 51.8 Å². The van der Waals surface area contributed by atoms with Crippen molar-refractivity contribution in [2.24, 2.45) is 0 Å². The minimum Gasteiger partial charge on any atom is -0.462 e. The standard InChI is InChI=1S/C43H81O10P/c1-3-5-7-9-11-13-15-17-19-20-21-23-25-27-29-31-33-35-43(47)53-41(39-52-54(48,49)51-37-40(45)36-44)38-50-42(46)34-32-30-28-26-24-22-18-16-14-12-10-8-6-4-2/h21,23,27,29,40-41,44-45H,3-20,22,24-26,28,30-39H2,1-2H3,(H,48,49)/b23-21+,29-27+/t40-,41+/m0/s1. The molecule has 10 nitrogen and oxygen atoms in total. The van der Waals surface area contributed by atoms with Crippen LogP contribution in [0.3, 0.4) is 0 Å². The smallest absolute Gasteiger partial charge is 0.462 e. The lowest BCUT2D eigenvalue weighted by Crippen LogP contribution is -2.29. The van der Waals surface area contributed by atoms with E-state index in [4.69, 9.17) is 19.1 Å². The normalized spacial score (nSPS) is 14.1. The highest BCUT2D eigenvalue weighted by molar-refractivity contribution is 7.47. The summed E-state index contributed by atoms with van der Waals surface area (Å²) in [4.78, 5) is 34.9. The number of hydrogen-bond donors (Lipinski definition) is 3. The first-order valence-electron chi connectivity index (χ1n) is 21.8. The topological polar surface area (TPSA) is 149 Å². The lowest BCUT2D eigenvalue weighted by atomic mass is 10.0. The van der Waals surface area contributed by atoms with E-state index in [1.54, 1.807) is 0 Å². The SMILES string of the molecule is CCCCCCCCCCC/C=C/C/C=C/CCCC(=O)O[C@H](COC(=O)CCCCCCCCCCCCCCCC)COP(=O)(O)OC[C@@H](O)CO. The van der Waals surface area contributed by atoms with Crippen LogP contribution in [0.1, 0.15) is 200 Å². The van der Waals surface area contributed by atoms with Crippen molar-refractivity contribution in [1.29, 1.82) is 0 Å². The van der Waals surface area contributed by atoms with Gasteiger partial charge in [0.1, 0.15) is 12.7 Å². The Balaban J connectivity index is 4.34. The molecule has 0 aromatic carbocycles. The van der Waals surface area contributed by atoms with E-state index in [1.165, 1.54) is 122 Å². The van der Waals surface area contributed by atoms with Crippen molar-refractivity contribution in [3.63, 3.8) is 0 Å². The van der Waals surface area contributed by atoms with Crippen LogP contribution in [0.4, 0.5) is 0 Å². The van der Waals surface area contributed by atoms with Crippen LogP contribution in [-0.2, 0) is 32.7 Å². The van der Waals surface area contributed by atoms with Crippen molar-refractivity contribution < 1.29 is 47.8 Å². The number of phosphoric ester groups is 1. The van der Waals surface area contributed by atoms with Gasteiger partial charge in [-0.2, -0.15) is 0 Å². The van der Waals surface area contributed by atoms with E-state index in [-0.39, 0.29) is 19.4 Å². The summed E-state index contributed by atoms with van der Waals surface area (Å²) in [5.41, 5.74) is 0. The van der Waals surface area contributed by atoms with Crippen molar-refractivity contribution in [2.45, 2.75) is 212 Å². The molecule has 3 N–H and O–H groups in total. The first-order chi connectivity index (χ1) is 26.2. The molecule has 0 aromatic heterocycles. The predicted octanol–water partition coefficient (Wildman–Crippen LogP) is 11.4. The molecule has 54 heavy (non-hydrogen) atoms. The molecule has 0 amide bonds. The fraction of sp³-hybridized carbons (Fsp3) is 0.860. The summed E-state index contributed by atoms with van der Waals surface area (Å²) in [7, 11) is -4.62. The van der Waals surface area contributed by atoms with Gasteiger partial charge in [0.25, 0.3) is 0 Å². The summed E-state index contributed by atoms with van der Waals surface area (Å²) < 4.78 is 32.6. The second-order valence-electron chi connectivity index (χ2n) is 14.7. The number of hydrogen-bond acceptors (Lipinski definition) is 9. The molecule has 0 aliphatic rings. The van der Waals surface area contributed by atoms with Gasteiger partial charge in [-0.1, -0.05) is 173 Å². The van der Waals surface area contributed by atoms with Crippen LogP contribution in [0.25, 0.3) is 0 Å². The van der Waals surface area contributed by atoms with Gasteiger partial charge in [0.15, 0.2) is 6.10 Å². The molecule has 0 saturated heterocycles. The highest BCUT2D eigenvalue weighted by Crippen LogP contribution is 2.43. The van der Waals surface area contributed by atoms with Gasteiger partial charge in [0.05, 0.1) is 19.8 Å². The van der Waals surface area contributed by atoms with Crippen molar-refractivity contribution in [3.05, 3.63) is 24.3 Å². The molecule has 0 rings (SSSR count). The summed E-state index contributed by atoms with van der Waals surface area (Å²) in [6.07, 6.45) is 38.7. The Bertz CT molecular complexity index is 957. The zero-order valence-corrected chi connectivity index (χ0v) is 35.3. The van der Waals surface area contributed by atoms with E-state index in [1.807, 2.05) is 6.08 Å². The fourth-order valence-electron chi connectivity index (χ4n) is 5.97. The summed E-state index contributed by atoms with van der Waals surface area (Å²) in [6, 6.07) is 0. The molecule has 1 unspecified atom stereocenters. The molecule has 0 bridgehead atoms. The van der Waals surface area contributed by atoms with Crippen LogP contribution in [0.15, 0.2) is 24.3 Å². The summed E-state index contributed by atoms with van der Waals surface area (Å²) in [6.45, 7) is 2.35. The monoisotopic (exact) mass is 789 g/mol. The van der Waals surface area contributed by atoms with Gasteiger partial charge in [-0.25, -0.2) is 4.57 Å². The molecule has 0 heterocycles. The Labute approximate surface area is 329 Å². The molecular formula is C43H81O10P. The number of carbonyl (C=O) groups excluding carboxylic acids is 2. The third kappa shape index (κ3) is 38.7. The number of ether oxygens (including phenoxy) is 2. The number of aliphatic hydroxyl groups is 2. The van der Waals surface area contributed by atoms with Crippen LogP contribution in [-0.4, -0.2) is 65.7 Å². The molecule has 3 atom stereocenters. The van der Waals surface area contributed by atoms with Crippen LogP contribution in [0, 0.1) is 0 Å². The van der Waals surface area contributed by atoms with Crippen LogP contribution in [0.5, 0.6) is 0 Å². The molecular weight excluding hydrogens is 707 g/mol. The fourth-order valence-corrected chi connectivity index (χ4v) is 6.76. The zero-order chi connectivity index (χ0) is 39.8. The maximum atomic E-state index is 12.6. The Morgan fingerprint density at radius 2 is 0.981 bits per heavy atom. The largest absolute Gasteiger partial charge is 0.472 e. The average molecular weight is 789 g/mol. The molecule has 0 fully saturated rings. The van der Waals surface area contributed by atoms with Crippen molar-refractivity contribution in [1.82, 2.24) is 0 Å². The predicted molar refractivity (Wildman–Crippen MR) is 219 cm³/mol. The summed E-state index contributed by atoms with van der Waals surface area (Å²) in [5, 5.41) is 18.3. The quantitative estimate of drug-likeness (QED) is 0.0236. The molecule has 11 heteroatoms. The lowest BCUT2D eigenvalue weighted by Gasteiger charge is -2.20. The maximum absolute atomic E-state index is 12.6. The van der Waals surface area contributed by atoms with Crippen molar-refractivity contribution >= 4 is 19.8 Å². The van der Waals surface area contributed by atoms with Gasteiger partial charge in [0.2, 0.25) is 0 Å². The molecule has 0 saturated carbocycles. The Morgan fingerprint density at radius 3 is 1.48 bits per heavy atom. The van der Waals surface area contributed by atoms with Gasteiger partial charge >= 0.3 is 19.8 Å². The Morgan fingerprint density at radius 1 is 0.556 bits per heavy atom. The minimum atomic E-state index is -4.62. The number of allylic oxidation sites excluding steroid dienone is 4. The van der Waals surface area contributed by atoms with Gasteiger partial charge < -0.3 is 24.6 Å². The molecule has 0 aromatic rings. The number of aliphatic hydroxyl groups excluding tert-OH is 2. The zero-order valence-electron chi connectivity index (χ0n) is 34.4. The highest BCUT2D eigenvalue weighted by Gasteiger charge is 2.27. The van der Waals surface area contributed by atoms with Crippen LogP contribution in [0.2, 0.25) is 0 Å². The first kappa shape index (κ1) is 52.5. The van der Waals surface area contributed by atoms with E-state index in [2.05, 4.69) is 36.6 Å². The van der Waals surface area contributed by atoms with Crippen molar-refractivity contribution in [3.8, 4) is 0 Å².